The summed E-state index contributed by atoms with van der Waals surface area (Å²) < 4.78 is 31.2. The van der Waals surface area contributed by atoms with Crippen molar-refractivity contribution in [2.45, 2.75) is 62.2 Å². The lowest BCUT2D eigenvalue weighted by Gasteiger charge is -2.40. The topological polar surface area (TPSA) is 115 Å². The van der Waals surface area contributed by atoms with Crippen LogP contribution in [0.25, 0.3) is 42.3 Å². The first-order valence-corrected chi connectivity index (χ1v) is 17.3. The van der Waals surface area contributed by atoms with Gasteiger partial charge >= 0.3 is 6.01 Å². The number of piperazine rings is 1. The fraction of sp³-hybridized carbons (Fsp3) is 0.455. The van der Waals surface area contributed by atoms with Crippen LogP contribution < -0.4 is 19.7 Å². The van der Waals surface area contributed by atoms with Crippen LogP contribution in [0.2, 0.25) is 5.02 Å². The lowest BCUT2D eigenvalue weighted by molar-refractivity contribution is 0.108. The van der Waals surface area contributed by atoms with Gasteiger partial charge in [0.15, 0.2) is 11.6 Å². The normalized spacial score (nSPS) is 24.7. The average Bonchev–Trinajstić information content (AvgIpc) is 3.86. The monoisotopic (exact) mass is 656 g/mol. The summed E-state index contributed by atoms with van der Waals surface area (Å²) in [7, 11) is 0. The van der Waals surface area contributed by atoms with Crippen LogP contribution in [-0.4, -0.2) is 81.6 Å². The summed E-state index contributed by atoms with van der Waals surface area (Å²) >= 11 is 8.66. The van der Waals surface area contributed by atoms with Crippen molar-refractivity contribution in [1.29, 1.82) is 5.26 Å². The number of aromatic nitrogens is 4. The van der Waals surface area contributed by atoms with E-state index in [4.69, 9.17) is 31.0 Å². The van der Waals surface area contributed by atoms with Gasteiger partial charge in [0.25, 0.3) is 0 Å². The third kappa shape index (κ3) is 3.71. The molecule has 4 saturated heterocycles. The second-order valence-corrected chi connectivity index (χ2v) is 14.8. The molecule has 8 heterocycles. The highest BCUT2D eigenvalue weighted by atomic mass is 35.5. The van der Waals surface area contributed by atoms with Crippen LogP contribution in [0.1, 0.15) is 44.2 Å². The van der Waals surface area contributed by atoms with E-state index in [1.54, 1.807) is 0 Å². The minimum Gasteiger partial charge on any atom is -0.489 e. The average molecular weight is 657 g/mol. The smallest absolute Gasteiger partial charge is 0.319 e. The molecule has 0 aliphatic carbocycles. The van der Waals surface area contributed by atoms with Crippen molar-refractivity contribution in [2.75, 3.05) is 37.7 Å². The number of benzene rings is 2. The zero-order chi connectivity index (χ0) is 30.7. The number of hydrogen-bond donors (Lipinski definition) is 2. The summed E-state index contributed by atoms with van der Waals surface area (Å²) in [6.07, 6.45) is 6.59. The predicted molar refractivity (Wildman–Crippen MR) is 175 cm³/mol. The van der Waals surface area contributed by atoms with Gasteiger partial charge < -0.3 is 19.7 Å². The molecular formula is C33H30ClFN8O2S. The first-order valence-electron chi connectivity index (χ1n) is 16.1. The molecule has 2 aromatic carbocycles. The van der Waals surface area contributed by atoms with E-state index < -0.39 is 5.82 Å². The highest BCUT2D eigenvalue weighted by Gasteiger charge is 2.46. The molecule has 234 valence electrons. The largest absolute Gasteiger partial charge is 0.489 e. The van der Waals surface area contributed by atoms with E-state index >= 15 is 4.39 Å². The number of hydrogen-bond acceptors (Lipinski definition) is 10. The van der Waals surface area contributed by atoms with Gasteiger partial charge in [0.05, 0.1) is 27.4 Å². The van der Waals surface area contributed by atoms with E-state index in [0.717, 1.165) is 68.2 Å². The maximum atomic E-state index is 17.3. The molecule has 5 aromatic rings. The number of anilines is 1. The Labute approximate surface area is 272 Å². The minimum atomic E-state index is -0.562. The Balaban J connectivity index is 1.20. The van der Waals surface area contributed by atoms with Gasteiger partial charge in [-0.05, 0) is 63.2 Å². The van der Waals surface area contributed by atoms with Gasteiger partial charge in [0.1, 0.15) is 41.1 Å². The number of ether oxygens (including phenoxy) is 2. The van der Waals surface area contributed by atoms with Crippen LogP contribution in [-0.2, 0) is 0 Å². The molecule has 2 N–H and O–H groups in total. The molecule has 5 aliphatic rings. The first kappa shape index (κ1) is 27.4. The Morgan fingerprint density at radius 3 is 2.89 bits per heavy atom. The molecule has 0 radical (unpaired) electrons. The number of nitrogens with one attached hydrogen (secondary N) is 2. The molecule has 2 bridgehead atoms. The summed E-state index contributed by atoms with van der Waals surface area (Å²) in [5, 5.41) is 22.8. The first-order chi connectivity index (χ1) is 22.5. The standard InChI is InChI=1S/C33H30ClFN8O2S/c34-26-23(17-4-1-5-21-22(17)24-19(12-36)40-41-31(24)46-21)27(35)28-25-29(26)44-14-20-18-7-6-16(37-18)13-43(20)30(25)39-32(38-28)45-15-33-8-2-10-42(33)11-3-9-33/h1,4-5,16,18,20,37H,2-3,6-11,13-15H2,(H,40,41)/t16-,18+,20-/m1/s1. The lowest BCUT2D eigenvalue weighted by Crippen LogP contribution is -2.60. The number of nitriles is 1. The van der Waals surface area contributed by atoms with Crippen molar-refractivity contribution in [3.05, 3.63) is 34.7 Å². The fourth-order valence-corrected chi connectivity index (χ4v) is 10.3. The number of aromatic amines is 1. The Bertz CT molecular complexity index is 2130. The Morgan fingerprint density at radius 2 is 2.04 bits per heavy atom. The van der Waals surface area contributed by atoms with Crippen LogP contribution in [0.15, 0.2) is 18.2 Å². The van der Waals surface area contributed by atoms with Crippen molar-refractivity contribution >= 4 is 60.0 Å². The van der Waals surface area contributed by atoms with Crippen LogP contribution in [0.3, 0.4) is 0 Å². The Hall–Kier alpha value is -3.76. The highest BCUT2D eigenvalue weighted by molar-refractivity contribution is 7.25. The van der Waals surface area contributed by atoms with Gasteiger partial charge in [-0.15, -0.1) is 11.3 Å². The maximum absolute atomic E-state index is 17.3. The molecule has 5 aliphatic heterocycles. The number of H-pyrrole nitrogens is 1. The lowest BCUT2D eigenvalue weighted by atomic mass is 9.95. The SMILES string of the molecule is N#Cc1[nH]nc2sc3cccc(-c4c(Cl)c5c6c(nc(OCC78CCCN7CCC8)nc6c4F)N4C[C@H]6CC[C@H](N6)[C@H]4CO5)c3c12. The van der Waals surface area contributed by atoms with E-state index in [1.807, 2.05) is 18.2 Å². The molecule has 3 atom stereocenters. The molecular weight excluding hydrogens is 627 g/mol. The molecule has 0 saturated carbocycles. The summed E-state index contributed by atoms with van der Waals surface area (Å²) in [6.45, 7) is 3.76. The highest BCUT2D eigenvalue weighted by Crippen LogP contribution is 2.51. The molecule has 46 heavy (non-hydrogen) atoms. The van der Waals surface area contributed by atoms with Crippen molar-refractivity contribution < 1.29 is 13.9 Å². The van der Waals surface area contributed by atoms with Crippen molar-refractivity contribution in [1.82, 2.24) is 30.4 Å². The van der Waals surface area contributed by atoms with E-state index in [2.05, 4.69) is 31.4 Å². The van der Waals surface area contributed by atoms with Crippen LogP contribution in [0.4, 0.5) is 10.2 Å². The third-order valence-electron chi connectivity index (χ3n) is 11.0. The van der Waals surface area contributed by atoms with E-state index in [9.17, 15) is 5.26 Å². The van der Waals surface area contributed by atoms with Gasteiger partial charge in [0.2, 0.25) is 0 Å². The molecule has 0 spiro atoms. The second kappa shape index (κ2) is 9.87. The maximum Gasteiger partial charge on any atom is 0.319 e. The number of nitrogens with zero attached hydrogens (tertiary/aromatic N) is 6. The van der Waals surface area contributed by atoms with Gasteiger partial charge in [-0.2, -0.15) is 20.3 Å². The molecule has 0 unspecified atom stereocenters. The van der Waals surface area contributed by atoms with Crippen LogP contribution in [0.5, 0.6) is 11.8 Å². The van der Waals surface area contributed by atoms with Crippen molar-refractivity contribution in [3.8, 4) is 29.0 Å². The molecule has 3 aromatic heterocycles. The second-order valence-electron chi connectivity index (χ2n) is 13.3. The third-order valence-corrected chi connectivity index (χ3v) is 12.5. The van der Waals surface area contributed by atoms with Crippen LogP contribution >= 0.6 is 22.9 Å². The molecule has 10 rings (SSSR count). The number of halogens is 2. The molecule has 10 nitrogen and oxygen atoms in total. The zero-order valence-electron chi connectivity index (χ0n) is 24.9. The van der Waals surface area contributed by atoms with Crippen LogP contribution in [0, 0.1) is 17.1 Å². The van der Waals surface area contributed by atoms with Gasteiger partial charge in [0, 0.05) is 34.3 Å². The molecule has 13 heteroatoms. The number of rotatable bonds is 4. The Morgan fingerprint density at radius 1 is 1.17 bits per heavy atom. The molecule has 4 fully saturated rings. The quantitative estimate of drug-likeness (QED) is 0.249. The van der Waals surface area contributed by atoms with E-state index in [-0.39, 0.29) is 39.7 Å². The predicted octanol–water partition coefficient (Wildman–Crippen LogP) is 5.76. The number of fused-ring (bicyclic) bond motifs is 9. The van der Waals surface area contributed by atoms with E-state index in [1.165, 1.54) is 11.3 Å². The fourth-order valence-electron chi connectivity index (χ4n) is 8.94. The minimum absolute atomic E-state index is 0.00229. The zero-order valence-corrected chi connectivity index (χ0v) is 26.5. The Kier molecular flexibility index (Phi) is 5.87. The summed E-state index contributed by atoms with van der Waals surface area (Å²) in [5.74, 6) is 0.438. The number of thiophene rings is 1. The summed E-state index contributed by atoms with van der Waals surface area (Å²) in [5.41, 5.74) is 1.19. The van der Waals surface area contributed by atoms with Gasteiger partial charge in [-0.25, -0.2) is 4.39 Å². The van der Waals surface area contributed by atoms with Gasteiger partial charge in [-0.1, -0.05) is 23.7 Å². The summed E-state index contributed by atoms with van der Waals surface area (Å²) in [4.78, 5) is 15.3. The van der Waals surface area contributed by atoms with Gasteiger partial charge in [-0.3, -0.25) is 10.00 Å². The van der Waals surface area contributed by atoms with E-state index in [0.29, 0.717) is 57.7 Å². The van der Waals surface area contributed by atoms with Crippen molar-refractivity contribution in [2.24, 2.45) is 0 Å². The van der Waals surface area contributed by atoms with Crippen molar-refractivity contribution in [3.63, 3.8) is 0 Å². The molecule has 0 amide bonds. The summed E-state index contributed by atoms with van der Waals surface area (Å²) in [6, 6.07) is 8.59.